The van der Waals surface area contributed by atoms with Gasteiger partial charge in [0.25, 0.3) is 0 Å². The molecular weight excluding hydrogens is 518 g/mol. The molecule has 0 bridgehead atoms. The van der Waals surface area contributed by atoms with Gasteiger partial charge in [0.1, 0.15) is 0 Å². The molecule has 0 saturated heterocycles. The second-order valence-electron chi connectivity index (χ2n) is 9.30. The Kier molecular flexibility index (Phi) is 7.44. The van der Waals surface area contributed by atoms with Crippen molar-refractivity contribution < 1.29 is 17.6 Å². The van der Waals surface area contributed by atoms with Crippen molar-refractivity contribution in [2.24, 2.45) is 5.92 Å². The van der Waals surface area contributed by atoms with Crippen molar-refractivity contribution in [1.29, 1.82) is 0 Å². The summed E-state index contributed by atoms with van der Waals surface area (Å²) in [6.45, 7) is 4.84. The summed E-state index contributed by atoms with van der Waals surface area (Å²) in [5.74, 6) is 0.991. The number of hydrogen-bond acceptors (Lipinski definition) is 7. The average Bonchev–Trinajstić information content (AvgIpc) is 3.37. The molecule has 1 aliphatic heterocycles. The number of H-pyrrole nitrogens is 1. The van der Waals surface area contributed by atoms with Gasteiger partial charge >= 0.3 is 6.18 Å². The van der Waals surface area contributed by atoms with Crippen molar-refractivity contribution >= 4 is 46.0 Å². The van der Waals surface area contributed by atoms with E-state index in [4.69, 9.17) is 0 Å². The van der Waals surface area contributed by atoms with E-state index in [-0.39, 0.29) is 12.7 Å². The van der Waals surface area contributed by atoms with Crippen molar-refractivity contribution in [3.8, 4) is 0 Å². The quantitative estimate of drug-likeness (QED) is 0.188. The topological polar surface area (TPSA) is 73.0 Å². The lowest BCUT2D eigenvalue weighted by atomic mass is 10.2. The highest BCUT2D eigenvalue weighted by Gasteiger charge is 2.28. The number of alkyl halides is 3. The first-order valence-electron chi connectivity index (χ1n) is 12.3. The highest BCUT2D eigenvalue weighted by molar-refractivity contribution is 7.97. The van der Waals surface area contributed by atoms with Gasteiger partial charge in [0, 0.05) is 42.5 Å². The molecule has 2 aromatic carbocycles. The summed E-state index contributed by atoms with van der Waals surface area (Å²) < 4.78 is 48.4. The Balaban J connectivity index is 0.000000540. The second-order valence-corrected chi connectivity index (χ2v) is 10.4. The van der Waals surface area contributed by atoms with Crippen LogP contribution in [0.1, 0.15) is 32.3 Å². The van der Waals surface area contributed by atoms with Gasteiger partial charge in [0.05, 0.1) is 23.6 Å². The molecule has 4 aromatic rings. The number of nitrogens with zero attached hydrogens (tertiary/aromatic N) is 5. The normalized spacial score (nSPS) is 15.2. The Morgan fingerprint density at radius 1 is 1.18 bits per heavy atom. The van der Waals surface area contributed by atoms with Crippen LogP contribution >= 0.6 is 11.9 Å². The Bertz CT molecular complexity index is 1410. The van der Waals surface area contributed by atoms with E-state index in [9.17, 15) is 17.6 Å². The lowest BCUT2D eigenvalue weighted by molar-refractivity contribution is -0.110. The smallest absolute Gasteiger partial charge is 0.324 e. The summed E-state index contributed by atoms with van der Waals surface area (Å²) in [6.07, 6.45) is 1.69. The summed E-state index contributed by atoms with van der Waals surface area (Å²) >= 11 is 1.82. The third-order valence-electron chi connectivity index (χ3n) is 6.11. The van der Waals surface area contributed by atoms with Crippen LogP contribution in [-0.4, -0.2) is 43.7 Å². The maximum Gasteiger partial charge on any atom is 0.386 e. The van der Waals surface area contributed by atoms with Gasteiger partial charge in [-0.05, 0) is 67.5 Å². The van der Waals surface area contributed by atoms with E-state index in [1.165, 1.54) is 29.5 Å². The van der Waals surface area contributed by atoms with Crippen molar-refractivity contribution in [2.45, 2.75) is 44.3 Å². The third-order valence-corrected chi connectivity index (χ3v) is 7.22. The molecule has 2 aliphatic rings. The summed E-state index contributed by atoms with van der Waals surface area (Å²) in [7, 11) is 0. The summed E-state index contributed by atoms with van der Waals surface area (Å²) in [6, 6.07) is 12.1. The molecule has 3 heterocycles. The summed E-state index contributed by atoms with van der Waals surface area (Å²) in [4.78, 5) is 11.8. The third kappa shape index (κ3) is 6.36. The SMILES string of the molecule is CC(F)(F)F.CCN(c1nc(Nc2ccc3c(c2)SN(CC2CC2)C3)ncc1F)c1cccc2[nH]ncc12. The molecule has 0 radical (unpaired) electrons. The molecule has 1 saturated carbocycles. The second kappa shape index (κ2) is 10.8. The Morgan fingerprint density at radius 3 is 2.71 bits per heavy atom. The molecule has 200 valence electrons. The first kappa shape index (κ1) is 26.2. The van der Waals surface area contributed by atoms with Gasteiger partial charge in [-0.25, -0.2) is 13.7 Å². The maximum absolute atomic E-state index is 14.9. The minimum Gasteiger partial charge on any atom is -0.324 e. The summed E-state index contributed by atoms with van der Waals surface area (Å²) in [5.41, 5.74) is 3.98. The van der Waals surface area contributed by atoms with Crippen LogP contribution in [0.3, 0.4) is 0 Å². The minimum absolute atomic E-state index is 0.188. The first-order chi connectivity index (χ1) is 18.2. The minimum atomic E-state index is -4.00. The summed E-state index contributed by atoms with van der Waals surface area (Å²) in [5, 5.41) is 11.3. The van der Waals surface area contributed by atoms with Gasteiger partial charge in [-0.1, -0.05) is 12.1 Å². The Labute approximate surface area is 221 Å². The molecule has 12 heteroatoms. The zero-order chi connectivity index (χ0) is 26.9. The first-order valence-corrected chi connectivity index (χ1v) is 13.1. The van der Waals surface area contributed by atoms with Crippen LogP contribution in [0, 0.1) is 11.7 Å². The molecule has 1 aliphatic carbocycles. The van der Waals surface area contributed by atoms with Crippen LogP contribution in [0.15, 0.2) is 53.7 Å². The average molecular weight is 546 g/mol. The number of halogens is 4. The molecule has 2 N–H and O–H groups in total. The lowest BCUT2D eigenvalue weighted by Gasteiger charge is -2.23. The molecule has 6 rings (SSSR count). The molecular formula is C26H27F4N7S. The fraction of sp³-hybridized carbons (Fsp3) is 0.346. The largest absolute Gasteiger partial charge is 0.386 e. The zero-order valence-electron chi connectivity index (χ0n) is 20.9. The van der Waals surface area contributed by atoms with Gasteiger partial charge < -0.3 is 10.2 Å². The van der Waals surface area contributed by atoms with E-state index in [0.29, 0.717) is 12.5 Å². The molecule has 0 spiro atoms. The molecule has 0 amide bonds. The molecule has 7 nitrogen and oxygen atoms in total. The lowest BCUT2D eigenvalue weighted by Crippen LogP contribution is -2.20. The zero-order valence-corrected chi connectivity index (χ0v) is 21.7. The van der Waals surface area contributed by atoms with E-state index in [1.54, 1.807) is 6.20 Å². The van der Waals surface area contributed by atoms with Gasteiger partial charge in [0.2, 0.25) is 5.95 Å². The number of aromatic amines is 1. The fourth-order valence-corrected chi connectivity index (χ4v) is 5.46. The number of nitrogens with one attached hydrogen (secondary N) is 2. The molecule has 1 fully saturated rings. The van der Waals surface area contributed by atoms with Crippen LogP contribution in [0.5, 0.6) is 0 Å². The van der Waals surface area contributed by atoms with Crippen LogP contribution in [0.4, 0.5) is 40.7 Å². The van der Waals surface area contributed by atoms with E-state index in [2.05, 4.69) is 41.9 Å². The number of rotatable bonds is 7. The van der Waals surface area contributed by atoms with Crippen molar-refractivity contribution in [3.05, 3.63) is 60.2 Å². The number of aromatic nitrogens is 4. The van der Waals surface area contributed by atoms with Crippen LogP contribution in [0.25, 0.3) is 10.9 Å². The molecule has 2 aromatic heterocycles. The van der Waals surface area contributed by atoms with E-state index in [1.807, 2.05) is 48.0 Å². The van der Waals surface area contributed by atoms with Crippen molar-refractivity contribution in [3.63, 3.8) is 0 Å². The number of fused-ring (bicyclic) bond motifs is 2. The fourth-order valence-electron chi connectivity index (χ4n) is 4.26. The number of hydrogen-bond donors (Lipinski definition) is 2. The highest BCUT2D eigenvalue weighted by atomic mass is 32.2. The van der Waals surface area contributed by atoms with Gasteiger partial charge in [-0.15, -0.1) is 0 Å². The standard InChI is InChI=1S/C24H24FN7S.C2H3F3/c1-2-32(21-5-3-4-20-18(21)11-27-30-20)23-19(25)12-26-24(29-23)28-17-9-8-16-14-31(13-15-6-7-15)33-22(16)10-17;1-2(3,4)5/h3-5,8-12,15H,2,6-7,13-14H2,1H3,(H,27,30)(H,26,28,29);1H3. The van der Waals surface area contributed by atoms with E-state index in [0.717, 1.165) is 41.3 Å². The number of benzene rings is 2. The van der Waals surface area contributed by atoms with Crippen molar-refractivity contribution in [1.82, 2.24) is 24.5 Å². The van der Waals surface area contributed by atoms with Crippen LogP contribution < -0.4 is 10.2 Å². The van der Waals surface area contributed by atoms with Gasteiger partial charge in [0.15, 0.2) is 11.6 Å². The monoisotopic (exact) mass is 545 g/mol. The molecule has 0 atom stereocenters. The van der Waals surface area contributed by atoms with Crippen LogP contribution in [-0.2, 0) is 6.54 Å². The predicted molar refractivity (Wildman–Crippen MR) is 141 cm³/mol. The highest BCUT2D eigenvalue weighted by Crippen LogP contribution is 2.41. The molecule has 0 unspecified atom stereocenters. The number of anilines is 4. The van der Waals surface area contributed by atoms with Crippen molar-refractivity contribution in [2.75, 3.05) is 23.3 Å². The Morgan fingerprint density at radius 2 is 1.97 bits per heavy atom. The van der Waals surface area contributed by atoms with Crippen LogP contribution in [0.2, 0.25) is 0 Å². The van der Waals surface area contributed by atoms with Gasteiger partial charge in [-0.3, -0.25) is 5.10 Å². The Hall–Kier alpha value is -3.38. The predicted octanol–water partition coefficient (Wildman–Crippen LogP) is 7.19. The molecule has 38 heavy (non-hydrogen) atoms. The maximum atomic E-state index is 14.9. The van der Waals surface area contributed by atoms with Gasteiger partial charge in [-0.2, -0.15) is 23.3 Å². The van der Waals surface area contributed by atoms with E-state index >= 15 is 0 Å². The van der Waals surface area contributed by atoms with E-state index < -0.39 is 12.0 Å².